The Bertz CT molecular complexity index is 460. The van der Waals surface area contributed by atoms with Crippen molar-refractivity contribution in [1.82, 2.24) is 24.5 Å². The molecule has 2 aromatic rings. The standard InChI is InChI=1S/C7H11N7S/c1-2-3-4-5(15-13-10-4)6-11-12-7(8)14(6)9/h2-3,9H2,1H3,(H2,8,12). The van der Waals surface area contributed by atoms with Crippen molar-refractivity contribution in [2.75, 3.05) is 11.6 Å². The van der Waals surface area contributed by atoms with Crippen LogP contribution in [0.4, 0.5) is 5.95 Å². The second-order valence-electron chi connectivity index (χ2n) is 3.05. The zero-order valence-electron chi connectivity index (χ0n) is 8.21. The van der Waals surface area contributed by atoms with Crippen LogP contribution in [0.3, 0.4) is 0 Å². The lowest BCUT2D eigenvalue weighted by Gasteiger charge is -1.99. The number of nitrogen functional groups attached to an aromatic ring is 2. The molecule has 0 atom stereocenters. The fourth-order valence-electron chi connectivity index (χ4n) is 1.24. The number of nitrogens with two attached hydrogens (primary N) is 2. The van der Waals surface area contributed by atoms with Gasteiger partial charge < -0.3 is 11.6 Å². The summed E-state index contributed by atoms with van der Waals surface area (Å²) in [4.78, 5) is 0.837. The van der Waals surface area contributed by atoms with Crippen LogP contribution in [0.15, 0.2) is 0 Å². The molecule has 0 aliphatic heterocycles. The highest BCUT2D eigenvalue weighted by Gasteiger charge is 2.16. The summed E-state index contributed by atoms with van der Waals surface area (Å²) < 4.78 is 5.13. The molecule has 0 spiro atoms. The molecule has 0 amide bonds. The van der Waals surface area contributed by atoms with Crippen LogP contribution in [-0.4, -0.2) is 24.5 Å². The first kappa shape index (κ1) is 9.84. The first-order chi connectivity index (χ1) is 7.24. The van der Waals surface area contributed by atoms with Crippen molar-refractivity contribution in [2.24, 2.45) is 0 Å². The van der Waals surface area contributed by atoms with Crippen molar-refractivity contribution in [3.05, 3.63) is 5.69 Å². The molecule has 8 heteroatoms. The predicted octanol–water partition coefficient (Wildman–Crippen LogP) is 0.0451. The van der Waals surface area contributed by atoms with Gasteiger partial charge in [0, 0.05) is 0 Å². The van der Waals surface area contributed by atoms with Gasteiger partial charge in [-0.25, -0.2) is 4.68 Å². The van der Waals surface area contributed by atoms with E-state index in [1.807, 2.05) is 0 Å². The summed E-state index contributed by atoms with van der Waals surface area (Å²) in [5, 5.41) is 11.6. The number of aromatic nitrogens is 5. The van der Waals surface area contributed by atoms with E-state index in [0.29, 0.717) is 5.82 Å². The maximum atomic E-state index is 5.68. The van der Waals surface area contributed by atoms with E-state index in [2.05, 4.69) is 26.7 Å². The van der Waals surface area contributed by atoms with Crippen molar-refractivity contribution < 1.29 is 0 Å². The van der Waals surface area contributed by atoms with Crippen LogP contribution in [0, 0.1) is 0 Å². The molecule has 0 radical (unpaired) electrons. The van der Waals surface area contributed by atoms with Gasteiger partial charge in [0.2, 0.25) is 5.95 Å². The molecule has 0 saturated heterocycles. The van der Waals surface area contributed by atoms with Crippen molar-refractivity contribution in [2.45, 2.75) is 19.8 Å². The van der Waals surface area contributed by atoms with Crippen LogP contribution in [0.25, 0.3) is 10.7 Å². The van der Waals surface area contributed by atoms with Gasteiger partial charge in [0.1, 0.15) is 4.88 Å². The lowest BCUT2D eigenvalue weighted by Crippen LogP contribution is -2.13. The Hall–Kier alpha value is -1.70. The fraction of sp³-hybridized carbons (Fsp3) is 0.429. The predicted molar refractivity (Wildman–Crippen MR) is 57.5 cm³/mol. The number of hydrogen-bond acceptors (Lipinski definition) is 7. The minimum absolute atomic E-state index is 0.181. The molecule has 15 heavy (non-hydrogen) atoms. The topological polar surface area (TPSA) is 109 Å². The normalized spacial score (nSPS) is 10.7. The van der Waals surface area contributed by atoms with E-state index in [1.54, 1.807) is 0 Å². The van der Waals surface area contributed by atoms with Crippen molar-refractivity contribution in [1.29, 1.82) is 0 Å². The number of aryl methyl sites for hydroxylation is 1. The van der Waals surface area contributed by atoms with E-state index in [1.165, 1.54) is 16.2 Å². The number of nitrogens with zero attached hydrogens (tertiary/aromatic N) is 5. The summed E-state index contributed by atoms with van der Waals surface area (Å²) in [5.41, 5.74) is 6.39. The maximum absolute atomic E-state index is 5.68. The second kappa shape index (κ2) is 3.81. The van der Waals surface area contributed by atoms with Crippen LogP contribution < -0.4 is 11.6 Å². The molecule has 2 aromatic heterocycles. The van der Waals surface area contributed by atoms with Crippen LogP contribution >= 0.6 is 11.5 Å². The van der Waals surface area contributed by atoms with Gasteiger partial charge in [0.15, 0.2) is 5.82 Å². The van der Waals surface area contributed by atoms with Gasteiger partial charge in [0.25, 0.3) is 0 Å². The van der Waals surface area contributed by atoms with Crippen LogP contribution in [0.2, 0.25) is 0 Å². The Morgan fingerprint density at radius 2 is 2.13 bits per heavy atom. The molecular weight excluding hydrogens is 214 g/mol. The lowest BCUT2D eigenvalue weighted by molar-refractivity contribution is 0.867. The second-order valence-corrected chi connectivity index (χ2v) is 3.80. The maximum Gasteiger partial charge on any atom is 0.241 e. The zero-order valence-corrected chi connectivity index (χ0v) is 9.03. The van der Waals surface area contributed by atoms with Gasteiger partial charge >= 0.3 is 0 Å². The van der Waals surface area contributed by atoms with Crippen LogP contribution in [0.5, 0.6) is 0 Å². The third-order valence-electron chi connectivity index (χ3n) is 1.97. The minimum Gasteiger partial charge on any atom is -0.366 e. The lowest BCUT2D eigenvalue weighted by atomic mass is 10.2. The SMILES string of the molecule is CCCc1nnsc1-c1nnc(N)n1N. The summed E-state index contributed by atoms with van der Waals surface area (Å²) in [7, 11) is 0. The smallest absolute Gasteiger partial charge is 0.241 e. The Kier molecular flexibility index (Phi) is 2.50. The molecule has 2 rings (SSSR count). The molecule has 80 valence electrons. The molecular formula is C7H11N7S. The van der Waals surface area contributed by atoms with E-state index in [-0.39, 0.29) is 5.95 Å². The van der Waals surface area contributed by atoms with Crippen molar-refractivity contribution >= 4 is 17.5 Å². The molecule has 4 N–H and O–H groups in total. The van der Waals surface area contributed by atoms with Gasteiger partial charge in [-0.3, -0.25) is 0 Å². The zero-order chi connectivity index (χ0) is 10.8. The molecule has 0 aliphatic rings. The third-order valence-corrected chi connectivity index (χ3v) is 2.73. The van der Waals surface area contributed by atoms with Crippen LogP contribution in [0.1, 0.15) is 19.0 Å². The number of hydrogen-bond donors (Lipinski definition) is 2. The van der Waals surface area contributed by atoms with E-state index in [4.69, 9.17) is 11.6 Å². The first-order valence-electron chi connectivity index (χ1n) is 4.51. The quantitative estimate of drug-likeness (QED) is 0.714. The molecule has 0 bridgehead atoms. The average molecular weight is 225 g/mol. The number of rotatable bonds is 3. The fourth-order valence-corrected chi connectivity index (χ4v) is 1.93. The highest BCUT2D eigenvalue weighted by Crippen LogP contribution is 2.24. The Labute approximate surface area is 90.2 Å². The molecule has 0 fully saturated rings. The third kappa shape index (κ3) is 1.63. The summed E-state index contributed by atoms with van der Waals surface area (Å²) in [6.45, 7) is 2.07. The van der Waals surface area contributed by atoms with Gasteiger partial charge in [0.05, 0.1) is 5.69 Å². The molecule has 0 aliphatic carbocycles. The van der Waals surface area contributed by atoms with E-state index in [9.17, 15) is 0 Å². The van der Waals surface area contributed by atoms with E-state index in [0.717, 1.165) is 23.4 Å². The Balaban J connectivity index is 2.44. The minimum atomic E-state index is 0.181. The molecule has 7 nitrogen and oxygen atoms in total. The molecule has 2 heterocycles. The van der Waals surface area contributed by atoms with Gasteiger partial charge in [-0.2, -0.15) is 0 Å². The molecule has 0 saturated carbocycles. The first-order valence-corrected chi connectivity index (χ1v) is 5.29. The highest BCUT2D eigenvalue weighted by atomic mass is 32.1. The summed E-state index contributed by atoms with van der Waals surface area (Å²) in [5.74, 6) is 6.38. The Morgan fingerprint density at radius 3 is 2.73 bits per heavy atom. The average Bonchev–Trinajstić information content (AvgIpc) is 2.77. The number of anilines is 1. The monoisotopic (exact) mass is 225 g/mol. The summed E-state index contributed by atoms with van der Waals surface area (Å²) in [6.07, 6.45) is 1.84. The van der Waals surface area contributed by atoms with E-state index >= 15 is 0 Å². The van der Waals surface area contributed by atoms with Gasteiger partial charge in [-0.1, -0.05) is 17.8 Å². The largest absolute Gasteiger partial charge is 0.366 e. The van der Waals surface area contributed by atoms with Crippen molar-refractivity contribution in [3.8, 4) is 10.7 Å². The highest BCUT2D eigenvalue weighted by molar-refractivity contribution is 7.09. The van der Waals surface area contributed by atoms with E-state index < -0.39 is 0 Å². The Morgan fingerprint density at radius 1 is 1.33 bits per heavy atom. The van der Waals surface area contributed by atoms with Crippen molar-refractivity contribution in [3.63, 3.8) is 0 Å². The molecule has 0 unspecified atom stereocenters. The van der Waals surface area contributed by atoms with Crippen LogP contribution in [-0.2, 0) is 6.42 Å². The molecule has 0 aromatic carbocycles. The summed E-state index contributed by atoms with van der Waals surface area (Å²) in [6, 6.07) is 0. The summed E-state index contributed by atoms with van der Waals surface area (Å²) >= 11 is 1.25. The van der Waals surface area contributed by atoms with Gasteiger partial charge in [-0.05, 0) is 18.0 Å². The van der Waals surface area contributed by atoms with Gasteiger partial charge in [-0.15, -0.1) is 15.3 Å².